The van der Waals surface area contributed by atoms with Crippen molar-refractivity contribution < 1.29 is 9.84 Å². The van der Waals surface area contributed by atoms with Crippen LogP contribution in [0.15, 0.2) is 0 Å². The fraction of sp³-hybridized carbons (Fsp3) is 1.00. The molecule has 1 fully saturated rings. The molecule has 0 unspecified atom stereocenters. The maximum atomic E-state index is 9.27. The van der Waals surface area contributed by atoms with Gasteiger partial charge in [-0.1, -0.05) is 26.2 Å². The quantitative estimate of drug-likeness (QED) is 0.569. The molecule has 0 bridgehead atoms. The number of nitrogens with zero attached hydrogens (tertiary/aromatic N) is 1. The van der Waals surface area contributed by atoms with Crippen molar-refractivity contribution in [2.24, 2.45) is 5.41 Å². The van der Waals surface area contributed by atoms with Gasteiger partial charge in [-0.25, -0.2) is 0 Å². The van der Waals surface area contributed by atoms with E-state index < -0.39 is 0 Å². The highest BCUT2D eigenvalue weighted by atomic mass is 16.5. The van der Waals surface area contributed by atoms with E-state index in [1.54, 1.807) is 7.11 Å². The molecule has 0 aromatic heterocycles. The number of ether oxygens (including phenoxy) is 1. The summed E-state index contributed by atoms with van der Waals surface area (Å²) in [6, 6.07) is 0. The van der Waals surface area contributed by atoms with Gasteiger partial charge < -0.3 is 15.2 Å². The summed E-state index contributed by atoms with van der Waals surface area (Å²) in [4.78, 5) is 2.38. The predicted molar refractivity (Wildman–Crippen MR) is 84.1 cm³/mol. The summed E-state index contributed by atoms with van der Waals surface area (Å²) in [5.74, 6) is 0. The number of rotatable bonds is 11. The SMILES string of the molecule is CCCNCC1(CN(CCO)CCOC)CCCCC1. The number of hydrogen-bond acceptors (Lipinski definition) is 4. The minimum absolute atomic E-state index is 0.238. The Morgan fingerprint density at radius 1 is 1.20 bits per heavy atom. The van der Waals surface area contributed by atoms with E-state index in [-0.39, 0.29) is 6.61 Å². The van der Waals surface area contributed by atoms with Crippen molar-refractivity contribution in [1.82, 2.24) is 10.2 Å². The Morgan fingerprint density at radius 2 is 1.95 bits per heavy atom. The van der Waals surface area contributed by atoms with Crippen LogP contribution in [0.2, 0.25) is 0 Å². The van der Waals surface area contributed by atoms with Crippen LogP contribution in [0.3, 0.4) is 0 Å². The first-order valence-electron chi connectivity index (χ1n) is 8.29. The second-order valence-electron chi connectivity index (χ2n) is 6.23. The van der Waals surface area contributed by atoms with Gasteiger partial charge in [-0.3, -0.25) is 4.90 Å². The van der Waals surface area contributed by atoms with Gasteiger partial charge in [-0.2, -0.15) is 0 Å². The summed E-state index contributed by atoms with van der Waals surface area (Å²) in [6.45, 7) is 8.21. The largest absolute Gasteiger partial charge is 0.395 e. The zero-order chi connectivity index (χ0) is 14.7. The fourth-order valence-corrected chi connectivity index (χ4v) is 3.33. The maximum Gasteiger partial charge on any atom is 0.0589 e. The maximum absolute atomic E-state index is 9.27. The van der Waals surface area contributed by atoms with Gasteiger partial charge in [0.25, 0.3) is 0 Å². The minimum Gasteiger partial charge on any atom is -0.395 e. The van der Waals surface area contributed by atoms with Crippen molar-refractivity contribution in [3.63, 3.8) is 0 Å². The number of aliphatic hydroxyl groups excluding tert-OH is 1. The normalized spacial score (nSPS) is 18.6. The van der Waals surface area contributed by atoms with Crippen molar-refractivity contribution in [2.75, 3.05) is 53.0 Å². The Morgan fingerprint density at radius 3 is 2.55 bits per heavy atom. The number of nitrogens with one attached hydrogen (secondary N) is 1. The summed E-state index contributed by atoms with van der Waals surface area (Å²) >= 11 is 0. The highest BCUT2D eigenvalue weighted by Crippen LogP contribution is 2.36. The van der Waals surface area contributed by atoms with Crippen molar-refractivity contribution in [3.05, 3.63) is 0 Å². The summed E-state index contributed by atoms with van der Waals surface area (Å²) in [5.41, 5.74) is 0.399. The Bertz CT molecular complexity index is 231. The molecule has 0 radical (unpaired) electrons. The smallest absolute Gasteiger partial charge is 0.0589 e. The monoisotopic (exact) mass is 286 g/mol. The molecule has 0 atom stereocenters. The first kappa shape index (κ1) is 17.9. The van der Waals surface area contributed by atoms with Crippen molar-refractivity contribution in [1.29, 1.82) is 0 Å². The molecule has 4 heteroatoms. The third kappa shape index (κ3) is 6.53. The van der Waals surface area contributed by atoms with E-state index in [9.17, 15) is 5.11 Å². The molecule has 0 aromatic carbocycles. The third-order valence-electron chi connectivity index (χ3n) is 4.43. The average Bonchev–Trinajstić information content (AvgIpc) is 2.46. The van der Waals surface area contributed by atoms with E-state index >= 15 is 0 Å². The zero-order valence-corrected chi connectivity index (χ0v) is 13.5. The molecule has 0 aromatic rings. The third-order valence-corrected chi connectivity index (χ3v) is 4.43. The molecule has 4 nitrogen and oxygen atoms in total. The molecule has 120 valence electrons. The lowest BCUT2D eigenvalue weighted by atomic mass is 9.73. The minimum atomic E-state index is 0.238. The van der Waals surface area contributed by atoms with Gasteiger partial charge in [0.05, 0.1) is 13.2 Å². The van der Waals surface area contributed by atoms with Gasteiger partial charge in [-0.15, -0.1) is 0 Å². The van der Waals surface area contributed by atoms with Crippen molar-refractivity contribution in [3.8, 4) is 0 Å². The van der Waals surface area contributed by atoms with Gasteiger partial charge in [-0.05, 0) is 31.2 Å². The Kier molecular flexibility index (Phi) is 9.44. The molecule has 2 N–H and O–H groups in total. The predicted octanol–water partition coefficient (Wildman–Crippen LogP) is 1.88. The van der Waals surface area contributed by atoms with Crippen molar-refractivity contribution >= 4 is 0 Å². The lowest BCUT2D eigenvalue weighted by Gasteiger charge is -2.41. The van der Waals surface area contributed by atoms with Crippen LogP contribution >= 0.6 is 0 Å². The fourth-order valence-electron chi connectivity index (χ4n) is 3.33. The molecule has 0 amide bonds. The molecule has 0 saturated heterocycles. The second-order valence-corrected chi connectivity index (χ2v) is 6.23. The zero-order valence-electron chi connectivity index (χ0n) is 13.5. The lowest BCUT2D eigenvalue weighted by Crippen LogP contribution is -2.47. The Balaban J connectivity index is 2.55. The standard InChI is InChI=1S/C16H34N2O2/c1-3-9-17-14-16(7-5-4-6-8-16)15-18(10-12-19)11-13-20-2/h17,19H,3-15H2,1-2H3. The summed E-state index contributed by atoms with van der Waals surface area (Å²) < 4.78 is 5.20. The first-order chi connectivity index (χ1) is 9.76. The van der Waals surface area contributed by atoms with E-state index in [4.69, 9.17) is 4.74 Å². The topological polar surface area (TPSA) is 44.7 Å². The van der Waals surface area contributed by atoms with Gasteiger partial charge >= 0.3 is 0 Å². The van der Waals surface area contributed by atoms with Gasteiger partial charge in [0.2, 0.25) is 0 Å². The molecule has 1 rings (SSSR count). The van der Waals surface area contributed by atoms with Crippen LogP contribution in [0.4, 0.5) is 0 Å². The molecule has 0 heterocycles. The number of methoxy groups -OCH3 is 1. The van der Waals surface area contributed by atoms with Crippen LogP contribution in [-0.4, -0.2) is 63.1 Å². The van der Waals surface area contributed by atoms with E-state index in [0.717, 1.165) is 39.3 Å². The Hall–Kier alpha value is -0.160. The molecular weight excluding hydrogens is 252 g/mol. The van der Waals surface area contributed by atoms with Gasteiger partial charge in [0.1, 0.15) is 0 Å². The van der Waals surface area contributed by atoms with E-state index in [0.29, 0.717) is 5.41 Å². The van der Waals surface area contributed by atoms with E-state index in [2.05, 4.69) is 17.1 Å². The van der Waals surface area contributed by atoms with E-state index in [1.165, 1.54) is 38.5 Å². The Labute approximate surface area is 124 Å². The van der Waals surface area contributed by atoms with Crippen LogP contribution in [-0.2, 0) is 4.74 Å². The van der Waals surface area contributed by atoms with E-state index in [1.807, 2.05) is 0 Å². The molecule has 1 saturated carbocycles. The molecule has 1 aliphatic carbocycles. The molecule has 0 spiro atoms. The highest BCUT2D eigenvalue weighted by Gasteiger charge is 2.33. The van der Waals surface area contributed by atoms with Gasteiger partial charge in [0, 0.05) is 33.3 Å². The first-order valence-corrected chi connectivity index (χ1v) is 8.29. The number of aliphatic hydroxyl groups is 1. The summed E-state index contributed by atoms with van der Waals surface area (Å²) in [6.07, 6.45) is 7.92. The average molecular weight is 286 g/mol. The van der Waals surface area contributed by atoms with Crippen molar-refractivity contribution in [2.45, 2.75) is 45.4 Å². The summed E-state index contributed by atoms with van der Waals surface area (Å²) in [7, 11) is 1.75. The lowest BCUT2D eigenvalue weighted by molar-refractivity contribution is 0.0679. The van der Waals surface area contributed by atoms with Crippen LogP contribution < -0.4 is 5.32 Å². The molecular formula is C16H34N2O2. The highest BCUT2D eigenvalue weighted by molar-refractivity contribution is 4.88. The second kappa shape index (κ2) is 10.6. The molecule has 20 heavy (non-hydrogen) atoms. The van der Waals surface area contributed by atoms with Crippen LogP contribution in [0.5, 0.6) is 0 Å². The molecule has 1 aliphatic rings. The van der Waals surface area contributed by atoms with Crippen LogP contribution in [0, 0.1) is 5.41 Å². The van der Waals surface area contributed by atoms with Crippen LogP contribution in [0.1, 0.15) is 45.4 Å². The number of hydrogen-bond donors (Lipinski definition) is 2. The van der Waals surface area contributed by atoms with Crippen LogP contribution in [0.25, 0.3) is 0 Å². The summed E-state index contributed by atoms with van der Waals surface area (Å²) in [5, 5.41) is 12.9. The van der Waals surface area contributed by atoms with Gasteiger partial charge in [0.15, 0.2) is 0 Å². The molecule has 0 aliphatic heterocycles.